The topological polar surface area (TPSA) is 55.0 Å². The molecule has 0 aliphatic carbocycles. The van der Waals surface area contributed by atoms with Crippen molar-refractivity contribution in [3.63, 3.8) is 0 Å². The molecule has 0 radical (unpaired) electrons. The van der Waals surface area contributed by atoms with Crippen LogP contribution in [-0.4, -0.2) is 23.0 Å². The Bertz CT molecular complexity index is 510. The minimum absolute atomic E-state index is 0.0661. The number of aromatic nitrogens is 2. The van der Waals surface area contributed by atoms with Gasteiger partial charge in [0, 0.05) is 26.7 Å². The molecule has 0 fully saturated rings. The van der Waals surface area contributed by atoms with E-state index in [1.807, 2.05) is 0 Å². The molecule has 0 aliphatic heterocycles. The van der Waals surface area contributed by atoms with Gasteiger partial charge in [0.2, 0.25) is 0 Å². The van der Waals surface area contributed by atoms with Gasteiger partial charge in [-0.2, -0.15) is 0 Å². The van der Waals surface area contributed by atoms with Gasteiger partial charge in [-0.05, 0) is 13.7 Å². The Morgan fingerprint density at radius 2 is 2.33 bits per heavy atom. The maximum Gasteiger partial charge on any atom is 0.149 e. The Balaban J connectivity index is 3.61. The molecule has 12 heavy (non-hydrogen) atoms. The molecule has 1 rings (SSSR count). The van der Waals surface area contributed by atoms with Gasteiger partial charge in [0.15, 0.2) is 0 Å². The van der Waals surface area contributed by atoms with Crippen molar-refractivity contribution in [3.05, 3.63) is 12.4 Å². The highest BCUT2D eigenvalue weighted by Crippen LogP contribution is 2.08. The van der Waals surface area contributed by atoms with Crippen LogP contribution >= 0.6 is 0 Å². The van der Waals surface area contributed by atoms with Gasteiger partial charge in [-0.25, -0.2) is 4.98 Å². The minimum atomic E-state index is -3.37. The van der Waals surface area contributed by atoms with Crippen LogP contribution in [0, 0.1) is 0 Å². The number of rotatable bonds is 3. The third-order valence-electron chi connectivity index (χ3n) is 1.09. The average Bonchev–Trinajstić information content (AvgIpc) is 2.24. The minimum Gasteiger partial charge on any atom is -0.382 e. The van der Waals surface area contributed by atoms with E-state index in [0.29, 0.717) is 0 Å². The molecule has 0 unspecified atom stereocenters. The summed E-state index contributed by atoms with van der Waals surface area (Å²) in [4.78, 5) is 7.09. The zero-order valence-electron chi connectivity index (χ0n) is 16.1. The number of hydrogen-bond acceptors (Lipinski definition) is 4. The smallest absolute Gasteiger partial charge is 0.149 e. The Kier molecular flexibility index (Phi) is 0.760. The first-order valence-corrected chi connectivity index (χ1v) is 3.00. The maximum absolute atomic E-state index is 7.71. The first kappa shape index (κ1) is 2.34. The quantitative estimate of drug-likeness (QED) is 0.743. The van der Waals surface area contributed by atoms with Gasteiger partial charge in [-0.15, -0.1) is 0 Å². The van der Waals surface area contributed by atoms with Crippen LogP contribution in [0.2, 0.25) is 0 Å². The van der Waals surface area contributed by atoms with Gasteiger partial charge in [0.05, 0.1) is 12.4 Å². The number of nitrogens with two attached hydrogens (primary N) is 1. The average molecular weight is 176 g/mol. The van der Waals surface area contributed by atoms with Gasteiger partial charge in [0.1, 0.15) is 11.6 Å². The van der Waals surface area contributed by atoms with E-state index in [-0.39, 0.29) is 10.7 Å². The molecule has 4 nitrogen and oxygen atoms in total. The molecule has 0 bridgehead atoms. The molecule has 0 atom stereocenters. The lowest BCUT2D eigenvalue weighted by atomic mass is 10.5. The second-order valence-corrected chi connectivity index (χ2v) is 1.86. The first-order chi connectivity index (χ1) is 9.62. The SMILES string of the molecule is [2H]C([2H])([2H])C([2H])([2H])N(c1cncc(N)n1)C([2H])([2H])C([2H])([2H])[2H]. The van der Waals surface area contributed by atoms with E-state index in [9.17, 15) is 0 Å². The molecule has 0 aliphatic rings. The highest BCUT2D eigenvalue weighted by Gasteiger charge is 2.02. The summed E-state index contributed by atoms with van der Waals surface area (Å²) in [5, 5.41) is 0. The van der Waals surface area contributed by atoms with E-state index in [4.69, 9.17) is 19.4 Å². The predicted octanol–water partition coefficient (Wildman–Crippen LogP) is 0.905. The standard InChI is InChI=1S/C8H14N4/c1-3-12(4-2)8-6-10-5-7(9)11-8/h5-6H,3-4H2,1-2H3,(H2,9,11)/i1D3,2D3,3D2,4D2. The maximum atomic E-state index is 7.71. The Morgan fingerprint density at radius 1 is 1.58 bits per heavy atom. The van der Waals surface area contributed by atoms with Crippen molar-refractivity contribution >= 4 is 11.6 Å². The van der Waals surface area contributed by atoms with E-state index in [2.05, 4.69) is 9.97 Å². The van der Waals surface area contributed by atoms with E-state index in [0.717, 1.165) is 12.4 Å². The van der Waals surface area contributed by atoms with Crippen LogP contribution in [-0.2, 0) is 0 Å². The largest absolute Gasteiger partial charge is 0.382 e. The first-order valence-electron chi connectivity index (χ1n) is 8.00. The fourth-order valence-electron chi connectivity index (χ4n) is 0.621. The van der Waals surface area contributed by atoms with E-state index < -0.39 is 32.5 Å². The molecular weight excluding hydrogens is 152 g/mol. The number of nitrogens with zero attached hydrogens (tertiary/aromatic N) is 3. The number of hydrogen-bond donors (Lipinski definition) is 1. The highest BCUT2D eigenvalue weighted by atomic mass is 15.2. The van der Waals surface area contributed by atoms with Crippen LogP contribution < -0.4 is 10.6 Å². The lowest BCUT2D eigenvalue weighted by molar-refractivity contribution is 0.842. The summed E-state index contributed by atoms with van der Waals surface area (Å²) in [6.07, 6.45) is 1.90. The number of nitrogen functional groups attached to an aromatic ring is 1. The highest BCUT2D eigenvalue weighted by molar-refractivity contribution is 5.40. The second kappa shape index (κ2) is 3.90. The van der Waals surface area contributed by atoms with Crippen molar-refractivity contribution in [2.45, 2.75) is 13.7 Å². The van der Waals surface area contributed by atoms with Gasteiger partial charge in [-0.1, -0.05) is 0 Å². The molecule has 66 valence electrons. The summed E-state index contributed by atoms with van der Waals surface area (Å²) in [5.74, 6) is -0.882. The lowest BCUT2D eigenvalue weighted by Crippen LogP contribution is -2.23. The molecule has 0 saturated heterocycles. The molecule has 0 aromatic carbocycles. The van der Waals surface area contributed by atoms with Crippen molar-refractivity contribution in [3.8, 4) is 0 Å². The van der Waals surface area contributed by atoms with E-state index in [1.165, 1.54) is 0 Å². The van der Waals surface area contributed by atoms with Crippen LogP contribution in [0.5, 0.6) is 0 Å². The van der Waals surface area contributed by atoms with Crippen LogP contribution in [0.15, 0.2) is 12.4 Å². The summed E-state index contributed by atoms with van der Waals surface area (Å²) >= 11 is 0. The van der Waals surface area contributed by atoms with Gasteiger partial charge >= 0.3 is 0 Å². The summed E-state index contributed by atoms with van der Waals surface area (Å²) < 4.78 is 74.3. The Morgan fingerprint density at radius 3 is 2.92 bits per heavy atom. The third-order valence-corrected chi connectivity index (χ3v) is 1.09. The van der Waals surface area contributed by atoms with Crippen molar-refractivity contribution in [1.82, 2.24) is 9.97 Å². The fourth-order valence-corrected chi connectivity index (χ4v) is 0.621. The van der Waals surface area contributed by atoms with Crippen LogP contribution in [0.3, 0.4) is 0 Å². The molecule has 1 aromatic heterocycles. The Hall–Kier alpha value is -1.32. The van der Waals surface area contributed by atoms with Crippen LogP contribution in [0.4, 0.5) is 11.6 Å². The van der Waals surface area contributed by atoms with Crippen molar-refractivity contribution in [1.29, 1.82) is 0 Å². The van der Waals surface area contributed by atoms with Crippen molar-refractivity contribution in [2.24, 2.45) is 0 Å². The number of anilines is 2. The molecular formula is C8H14N4. The summed E-state index contributed by atoms with van der Waals surface area (Å²) in [6, 6.07) is 0. The predicted molar refractivity (Wildman–Crippen MR) is 50.0 cm³/mol. The molecule has 2 N–H and O–H groups in total. The summed E-state index contributed by atoms with van der Waals surface area (Å²) in [7, 11) is 0. The monoisotopic (exact) mass is 176 g/mol. The fraction of sp³-hybridized carbons (Fsp3) is 0.500. The van der Waals surface area contributed by atoms with E-state index in [1.54, 1.807) is 0 Å². The second-order valence-electron chi connectivity index (χ2n) is 1.86. The third kappa shape index (κ3) is 1.84. The van der Waals surface area contributed by atoms with Gasteiger partial charge in [-0.3, -0.25) is 4.98 Å². The zero-order chi connectivity index (χ0) is 17.6. The molecule has 0 amide bonds. The molecule has 1 heterocycles. The molecule has 0 spiro atoms. The normalized spacial score (nSPS) is 26.7. The van der Waals surface area contributed by atoms with Crippen molar-refractivity contribution < 1.29 is 13.7 Å². The Labute approximate surface area is 86.5 Å². The van der Waals surface area contributed by atoms with Crippen LogP contribution in [0.25, 0.3) is 0 Å². The van der Waals surface area contributed by atoms with E-state index >= 15 is 0 Å². The molecule has 1 aromatic rings. The zero-order valence-corrected chi connectivity index (χ0v) is 6.07. The summed E-state index contributed by atoms with van der Waals surface area (Å²) in [5.41, 5.74) is 5.37. The van der Waals surface area contributed by atoms with Gasteiger partial charge in [0.25, 0.3) is 0 Å². The summed E-state index contributed by atoms with van der Waals surface area (Å²) in [6.45, 7) is -13.4. The molecule has 4 heteroatoms. The lowest BCUT2D eigenvalue weighted by Gasteiger charge is -2.18. The molecule has 0 saturated carbocycles. The van der Waals surface area contributed by atoms with Crippen LogP contribution in [0.1, 0.15) is 27.4 Å². The van der Waals surface area contributed by atoms with Crippen molar-refractivity contribution in [2.75, 3.05) is 23.6 Å². The van der Waals surface area contributed by atoms with Gasteiger partial charge < -0.3 is 10.6 Å².